The monoisotopic (exact) mass is 178 g/mol. The Kier molecular flexibility index (Phi) is 4.50. The van der Waals surface area contributed by atoms with Crippen molar-refractivity contribution in [2.75, 3.05) is 6.61 Å². The van der Waals surface area contributed by atoms with Crippen molar-refractivity contribution >= 4 is 0 Å². The van der Waals surface area contributed by atoms with Crippen LogP contribution < -0.4 is 5.73 Å². The molecule has 1 radical (unpaired) electrons. The van der Waals surface area contributed by atoms with E-state index in [1.807, 2.05) is 18.6 Å². The molecule has 0 spiro atoms. The molecule has 0 bridgehead atoms. The maximum atomic E-state index is 8.55. The van der Waals surface area contributed by atoms with Crippen molar-refractivity contribution in [3.8, 4) is 0 Å². The van der Waals surface area contributed by atoms with Crippen LogP contribution in [0.25, 0.3) is 0 Å². The van der Waals surface area contributed by atoms with E-state index in [-0.39, 0.29) is 6.61 Å². The summed E-state index contributed by atoms with van der Waals surface area (Å²) in [6.45, 7) is 0.768. The summed E-state index contributed by atoms with van der Waals surface area (Å²) in [5.74, 6) is 0. The first-order valence-corrected chi connectivity index (χ1v) is 4.57. The zero-order chi connectivity index (χ0) is 9.52. The average Bonchev–Trinajstić information content (AvgIpc) is 2.19. The second kappa shape index (κ2) is 5.73. The fraction of sp³-hybridized carbons (Fsp3) is 0.364. The molecule has 0 unspecified atom stereocenters. The Morgan fingerprint density at radius 3 is 2.31 bits per heavy atom. The largest absolute Gasteiger partial charge is 0.396 e. The molecule has 0 aliphatic rings. The molecule has 0 aromatic heterocycles. The van der Waals surface area contributed by atoms with Crippen LogP contribution in [-0.4, -0.2) is 11.7 Å². The molecule has 13 heavy (non-hydrogen) atoms. The minimum absolute atomic E-state index is 0.168. The van der Waals surface area contributed by atoms with Gasteiger partial charge in [0.25, 0.3) is 0 Å². The third-order valence-electron chi connectivity index (χ3n) is 2.02. The van der Waals surface area contributed by atoms with Gasteiger partial charge in [-0.15, -0.1) is 0 Å². The van der Waals surface area contributed by atoms with Crippen molar-refractivity contribution in [2.24, 2.45) is 5.73 Å². The summed E-state index contributed by atoms with van der Waals surface area (Å²) in [5, 5.41) is 8.55. The normalized spacial score (nSPS) is 10.3. The SMILES string of the molecule is NCc1ccc(CC[CH]CO)cc1. The van der Waals surface area contributed by atoms with Crippen LogP contribution in [0.3, 0.4) is 0 Å². The fourth-order valence-corrected chi connectivity index (χ4v) is 1.20. The molecule has 2 nitrogen and oxygen atoms in total. The van der Waals surface area contributed by atoms with Gasteiger partial charge < -0.3 is 10.8 Å². The van der Waals surface area contributed by atoms with Crippen LogP contribution in [-0.2, 0) is 13.0 Å². The fourth-order valence-electron chi connectivity index (χ4n) is 1.20. The maximum Gasteiger partial charge on any atom is 0.0462 e. The molecule has 0 atom stereocenters. The van der Waals surface area contributed by atoms with Crippen LogP contribution in [0.2, 0.25) is 0 Å². The van der Waals surface area contributed by atoms with E-state index in [0.717, 1.165) is 18.4 Å². The van der Waals surface area contributed by atoms with E-state index in [0.29, 0.717) is 6.54 Å². The average molecular weight is 178 g/mol. The van der Waals surface area contributed by atoms with Gasteiger partial charge in [-0.25, -0.2) is 0 Å². The summed E-state index contributed by atoms with van der Waals surface area (Å²) in [4.78, 5) is 0. The molecule has 2 heteroatoms. The Morgan fingerprint density at radius 1 is 1.15 bits per heavy atom. The van der Waals surface area contributed by atoms with E-state index in [1.54, 1.807) is 0 Å². The lowest BCUT2D eigenvalue weighted by atomic mass is 10.1. The standard InChI is InChI=1S/C11H16NO/c12-9-11-6-4-10(5-7-11)3-1-2-8-13/h2,4-7,13H,1,3,8-9,12H2. The van der Waals surface area contributed by atoms with E-state index < -0.39 is 0 Å². The van der Waals surface area contributed by atoms with Gasteiger partial charge in [0.2, 0.25) is 0 Å². The first kappa shape index (κ1) is 10.2. The summed E-state index contributed by atoms with van der Waals surface area (Å²) in [5.41, 5.74) is 7.94. The molecule has 0 aliphatic carbocycles. The Labute approximate surface area is 79.4 Å². The molecule has 0 aliphatic heterocycles. The third-order valence-corrected chi connectivity index (χ3v) is 2.02. The molecule has 0 saturated heterocycles. The number of hydrogen-bond acceptors (Lipinski definition) is 2. The third kappa shape index (κ3) is 3.57. The predicted octanol–water partition coefficient (Wildman–Crippen LogP) is 1.27. The number of benzene rings is 1. The zero-order valence-electron chi connectivity index (χ0n) is 7.74. The topological polar surface area (TPSA) is 46.2 Å². The predicted molar refractivity (Wildman–Crippen MR) is 54.0 cm³/mol. The zero-order valence-corrected chi connectivity index (χ0v) is 7.74. The second-order valence-electron chi connectivity index (χ2n) is 3.03. The van der Waals surface area contributed by atoms with E-state index >= 15 is 0 Å². The van der Waals surface area contributed by atoms with Gasteiger partial charge in [0.05, 0.1) is 0 Å². The molecular weight excluding hydrogens is 162 g/mol. The van der Waals surface area contributed by atoms with Crippen LogP contribution in [0.4, 0.5) is 0 Å². The lowest BCUT2D eigenvalue weighted by molar-refractivity contribution is 0.323. The Balaban J connectivity index is 2.40. The van der Waals surface area contributed by atoms with Gasteiger partial charge in [0, 0.05) is 13.2 Å². The van der Waals surface area contributed by atoms with Gasteiger partial charge in [-0.05, 0) is 30.4 Å². The quantitative estimate of drug-likeness (QED) is 0.667. The molecule has 3 N–H and O–H groups in total. The van der Waals surface area contributed by atoms with Crippen molar-refractivity contribution in [1.82, 2.24) is 0 Å². The Bertz CT molecular complexity index is 230. The molecule has 1 aromatic carbocycles. The van der Waals surface area contributed by atoms with Crippen molar-refractivity contribution in [1.29, 1.82) is 0 Å². The Hall–Kier alpha value is -0.860. The van der Waals surface area contributed by atoms with Crippen LogP contribution in [0, 0.1) is 6.42 Å². The van der Waals surface area contributed by atoms with Crippen LogP contribution >= 0.6 is 0 Å². The van der Waals surface area contributed by atoms with E-state index in [1.165, 1.54) is 5.56 Å². The second-order valence-corrected chi connectivity index (χ2v) is 3.03. The smallest absolute Gasteiger partial charge is 0.0462 e. The minimum atomic E-state index is 0.168. The van der Waals surface area contributed by atoms with Gasteiger partial charge in [-0.2, -0.15) is 0 Å². The lowest BCUT2D eigenvalue weighted by Crippen LogP contribution is -1.96. The number of aliphatic hydroxyl groups excluding tert-OH is 1. The number of unbranched alkanes of at least 4 members (excludes halogenated alkanes) is 1. The minimum Gasteiger partial charge on any atom is -0.396 e. The first-order chi connectivity index (χ1) is 6.36. The highest BCUT2D eigenvalue weighted by Crippen LogP contribution is 2.06. The molecule has 71 valence electrons. The number of aryl methyl sites for hydroxylation is 1. The van der Waals surface area contributed by atoms with Crippen molar-refractivity contribution in [3.63, 3.8) is 0 Å². The van der Waals surface area contributed by atoms with E-state index in [4.69, 9.17) is 10.8 Å². The highest BCUT2D eigenvalue weighted by Gasteiger charge is 1.93. The molecule has 1 aromatic rings. The van der Waals surface area contributed by atoms with Crippen molar-refractivity contribution < 1.29 is 5.11 Å². The Morgan fingerprint density at radius 2 is 1.77 bits per heavy atom. The van der Waals surface area contributed by atoms with E-state index in [9.17, 15) is 0 Å². The summed E-state index contributed by atoms with van der Waals surface area (Å²) in [6, 6.07) is 8.28. The summed E-state index contributed by atoms with van der Waals surface area (Å²) in [6.07, 6.45) is 3.79. The molecule has 1 rings (SSSR count). The molecule has 0 saturated carbocycles. The summed E-state index contributed by atoms with van der Waals surface area (Å²) < 4.78 is 0. The van der Waals surface area contributed by atoms with E-state index in [2.05, 4.69) is 12.1 Å². The number of nitrogens with two attached hydrogens (primary N) is 1. The lowest BCUT2D eigenvalue weighted by Gasteiger charge is -2.01. The van der Waals surface area contributed by atoms with Crippen molar-refractivity contribution in [3.05, 3.63) is 41.8 Å². The van der Waals surface area contributed by atoms with Gasteiger partial charge in [-0.1, -0.05) is 24.3 Å². The molecule has 0 heterocycles. The summed E-state index contributed by atoms with van der Waals surface area (Å²) >= 11 is 0. The highest BCUT2D eigenvalue weighted by molar-refractivity contribution is 5.22. The number of rotatable bonds is 5. The van der Waals surface area contributed by atoms with Crippen LogP contribution in [0.1, 0.15) is 17.5 Å². The van der Waals surface area contributed by atoms with Gasteiger partial charge in [0.15, 0.2) is 0 Å². The van der Waals surface area contributed by atoms with Crippen LogP contribution in [0.5, 0.6) is 0 Å². The van der Waals surface area contributed by atoms with Gasteiger partial charge in [0.1, 0.15) is 0 Å². The number of aliphatic hydroxyl groups is 1. The number of hydrogen-bond donors (Lipinski definition) is 2. The summed E-state index contributed by atoms with van der Waals surface area (Å²) in [7, 11) is 0. The van der Waals surface area contributed by atoms with Gasteiger partial charge in [-0.3, -0.25) is 0 Å². The highest BCUT2D eigenvalue weighted by atomic mass is 16.2. The van der Waals surface area contributed by atoms with Crippen LogP contribution in [0.15, 0.2) is 24.3 Å². The van der Waals surface area contributed by atoms with Gasteiger partial charge >= 0.3 is 0 Å². The molecular formula is C11H16NO. The first-order valence-electron chi connectivity index (χ1n) is 4.57. The molecule has 0 fully saturated rings. The maximum absolute atomic E-state index is 8.55. The molecule has 0 amide bonds. The van der Waals surface area contributed by atoms with Crippen molar-refractivity contribution in [2.45, 2.75) is 19.4 Å².